The topological polar surface area (TPSA) is 139 Å². The van der Waals surface area contributed by atoms with Crippen LogP contribution in [0.25, 0.3) is 0 Å². The molecule has 2 aromatic carbocycles. The molecular formula is C27H30ClN7O2. The number of hydrogen-bond donors (Lipinski definition) is 4. The number of nitrogens with two attached hydrogens (primary N) is 2. The van der Waals surface area contributed by atoms with Gasteiger partial charge in [-0.25, -0.2) is 4.98 Å². The molecule has 1 aliphatic carbocycles. The summed E-state index contributed by atoms with van der Waals surface area (Å²) in [5.41, 5.74) is 15.5. The van der Waals surface area contributed by atoms with Crippen molar-refractivity contribution < 1.29 is 9.59 Å². The summed E-state index contributed by atoms with van der Waals surface area (Å²) >= 11 is 6.26. The van der Waals surface area contributed by atoms with Gasteiger partial charge < -0.3 is 27.0 Å². The van der Waals surface area contributed by atoms with E-state index >= 15 is 0 Å². The van der Waals surface area contributed by atoms with Gasteiger partial charge in [0.2, 0.25) is 5.95 Å². The summed E-state index contributed by atoms with van der Waals surface area (Å²) in [5, 5.41) is 6.99. The van der Waals surface area contributed by atoms with Gasteiger partial charge in [-0.1, -0.05) is 42.6 Å². The maximum Gasteiger partial charge on any atom is 0.255 e. The highest BCUT2D eigenvalue weighted by molar-refractivity contribution is 6.33. The van der Waals surface area contributed by atoms with E-state index in [2.05, 4.69) is 20.6 Å². The van der Waals surface area contributed by atoms with Crippen LogP contribution in [0.15, 0.2) is 48.7 Å². The van der Waals surface area contributed by atoms with Crippen molar-refractivity contribution in [2.24, 2.45) is 11.5 Å². The van der Waals surface area contributed by atoms with Crippen LogP contribution in [0.1, 0.15) is 57.5 Å². The number of nitrogens with one attached hydrogen (secondary N) is 2. The molecule has 2 heterocycles. The fraction of sp³-hybridized carbons (Fsp3) is 0.333. The van der Waals surface area contributed by atoms with Crippen LogP contribution in [0.2, 0.25) is 5.02 Å². The second kappa shape index (κ2) is 10.7. The molecular weight excluding hydrogens is 490 g/mol. The summed E-state index contributed by atoms with van der Waals surface area (Å²) in [5.74, 6) is -0.0191. The zero-order chi connectivity index (χ0) is 25.9. The molecule has 0 spiro atoms. The van der Waals surface area contributed by atoms with Gasteiger partial charge >= 0.3 is 0 Å². The second-order valence-corrected chi connectivity index (χ2v) is 9.99. The van der Waals surface area contributed by atoms with Gasteiger partial charge in [0, 0.05) is 37.1 Å². The smallest absolute Gasteiger partial charge is 0.255 e. The first-order valence-electron chi connectivity index (χ1n) is 12.5. The van der Waals surface area contributed by atoms with Crippen LogP contribution in [0.3, 0.4) is 0 Å². The number of benzene rings is 2. The quantitative estimate of drug-likeness (QED) is 0.388. The van der Waals surface area contributed by atoms with Crippen LogP contribution in [-0.4, -0.2) is 45.3 Å². The molecule has 2 unspecified atom stereocenters. The van der Waals surface area contributed by atoms with Gasteiger partial charge in [-0.2, -0.15) is 4.98 Å². The Morgan fingerprint density at radius 3 is 2.65 bits per heavy atom. The molecule has 0 bridgehead atoms. The molecule has 9 nitrogen and oxygen atoms in total. The van der Waals surface area contributed by atoms with E-state index in [1.807, 2.05) is 24.3 Å². The molecule has 0 radical (unpaired) electrons. The third-order valence-corrected chi connectivity index (χ3v) is 7.39. The average molecular weight is 520 g/mol. The Bertz CT molecular complexity index is 1330. The second-order valence-electron chi connectivity index (χ2n) is 9.58. The number of aromatic nitrogens is 2. The highest BCUT2D eigenvalue weighted by atomic mass is 35.5. The van der Waals surface area contributed by atoms with E-state index in [-0.39, 0.29) is 23.6 Å². The van der Waals surface area contributed by atoms with E-state index in [4.69, 9.17) is 23.1 Å². The van der Waals surface area contributed by atoms with Crippen molar-refractivity contribution in [3.8, 4) is 0 Å². The SMILES string of the molecule is NC(=O)c1cnc(NC2CCCCC2N)nc1Nc1ccc2c(c1)CN(C(=O)c1ccccc1Cl)CC2. The van der Waals surface area contributed by atoms with Crippen LogP contribution in [0, 0.1) is 0 Å². The Labute approximate surface area is 220 Å². The van der Waals surface area contributed by atoms with Crippen LogP contribution < -0.4 is 22.1 Å². The minimum absolute atomic E-state index is 0.0293. The largest absolute Gasteiger partial charge is 0.365 e. The molecule has 6 N–H and O–H groups in total. The van der Waals surface area contributed by atoms with Gasteiger partial charge in [0.05, 0.1) is 10.6 Å². The van der Waals surface area contributed by atoms with Gasteiger partial charge in [-0.3, -0.25) is 9.59 Å². The van der Waals surface area contributed by atoms with Crippen LogP contribution in [0.4, 0.5) is 17.5 Å². The van der Waals surface area contributed by atoms with Crippen molar-refractivity contribution in [3.05, 3.63) is 75.9 Å². The van der Waals surface area contributed by atoms with Crippen LogP contribution >= 0.6 is 11.6 Å². The molecule has 2 amide bonds. The Morgan fingerprint density at radius 2 is 1.86 bits per heavy atom. The Balaban J connectivity index is 1.36. The lowest BCUT2D eigenvalue weighted by molar-refractivity contribution is 0.0734. The number of halogens is 1. The lowest BCUT2D eigenvalue weighted by Crippen LogP contribution is -2.43. The number of hydrogen-bond acceptors (Lipinski definition) is 7. The standard InChI is InChI=1S/C27H30ClN7O2/c28-21-6-2-1-5-19(21)26(37)35-12-11-16-9-10-18(13-17(16)15-35)32-25-20(24(30)36)14-31-27(34-25)33-23-8-4-3-7-22(23)29/h1-2,5-6,9-10,13-14,22-23H,3-4,7-8,11-12,15,29H2,(H2,30,36)(H2,31,32,33,34). The summed E-state index contributed by atoms with van der Waals surface area (Å²) in [6.07, 6.45) is 6.28. The average Bonchev–Trinajstić information content (AvgIpc) is 2.89. The van der Waals surface area contributed by atoms with Gasteiger partial charge in [-0.15, -0.1) is 0 Å². The minimum atomic E-state index is -0.627. The Morgan fingerprint density at radius 1 is 1.05 bits per heavy atom. The molecule has 10 heteroatoms. The zero-order valence-corrected chi connectivity index (χ0v) is 21.2. The lowest BCUT2D eigenvalue weighted by Gasteiger charge is -2.30. The highest BCUT2D eigenvalue weighted by Gasteiger charge is 2.25. The maximum absolute atomic E-state index is 13.1. The number of nitrogens with zero attached hydrogens (tertiary/aromatic N) is 3. The van der Waals surface area contributed by atoms with Crippen molar-refractivity contribution in [1.82, 2.24) is 14.9 Å². The van der Waals surface area contributed by atoms with Crippen molar-refractivity contribution in [2.75, 3.05) is 17.2 Å². The first kappa shape index (κ1) is 25.0. The number of amides is 2. The summed E-state index contributed by atoms with van der Waals surface area (Å²) < 4.78 is 0. The van der Waals surface area contributed by atoms with E-state index in [0.717, 1.165) is 43.4 Å². The third kappa shape index (κ3) is 5.52. The number of carbonyl (C=O) groups excluding carboxylic acids is 2. The van der Waals surface area contributed by atoms with Gasteiger partial charge in [0.15, 0.2) is 0 Å². The normalized spacial score (nSPS) is 19.1. The first-order valence-corrected chi connectivity index (χ1v) is 12.9. The van der Waals surface area contributed by atoms with Crippen LogP contribution in [0.5, 0.6) is 0 Å². The third-order valence-electron chi connectivity index (χ3n) is 7.06. The van der Waals surface area contributed by atoms with Gasteiger partial charge in [-0.05, 0) is 54.7 Å². The number of anilines is 3. The van der Waals surface area contributed by atoms with Crippen LogP contribution in [-0.2, 0) is 13.0 Å². The monoisotopic (exact) mass is 519 g/mol. The van der Waals surface area contributed by atoms with Gasteiger partial charge in [0.1, 0.15) is 11.4 Å². The van der Waals surface area contributed by atoms with E-state index in [1.54, 1.807) is 23.1 Å². The molecule has 1 aromatic heterocycles. The minimum Gasteiger partial charge on any atom is -0.365 e. The molecule has 0 saturated heterocycles. The Hall–Kier alpha value is -3.69. The van der Waals surface area contributed by atoms with Gasteiger partial charge in [0.25, 0.3) is 11.8 Å². The molecule has 3 aromatic rings. The van der Waals surface area contributed by atoms with E-state index in [1.165, 1.54) is 11.8 Å². The highest BCUT2D eigenvalue weighted by Crippen LogP contribution is 2.28. The fourth-order valence-corrected chi connectivity index (χ4v) is 5.20. The van der Waals surface area contributed by atoms with Crippen molar-refractivity contribution in [1.29, 1.82) is 0 Å². The summed E-state index contributed by atoms with van der Waals surface area (Å²) in [6.45, 7) is 1.06. The number of carbonyl (C=O) groups is 2. The van der Waals surface area contributed by atoms with Crippen molar-refractivity contribution in [2.45, 2.75) is 50.7 Å². The number of primary amides is 1. The molecule has 5 rings (SSSR count). The summed E-state index contributed by atoms with van der Waals surface area (Å²) in [7, 11) is 0. The summed E-state index contributed by atoms with van der Waals surface area (Å²) in [4.78, 5) is 35.8. The molecule has 2 aliphatic rings. The first-order chi connectivity index (χ1) is 17.9. The zero-order valence-electron chi connectivity index (χ0n) is 20.4. The Kier molecular flexibility index (Phi) is 7.25. The predicted octanol–water partition coefficient (Wildman–Crippen LogP) is 3.85. The molecule has 1 aliphatic heterocycles. The van der Waals surface area contributed by atoms with E-state index in [9.17, 15) is 9.59 Å². The van der Waals surface area contributed by atoms with E-state index < -0.39 is 5.91 Å². The van der Waals surface area contributed by atoms with Crippen molar-refractivity contribution >= 4 is 40.9 Å². The fourth-order valence-electron chi connectivity index (χ4n) is 4.98. The number of rotatable bonds is 6. The summed E-state index contributed by atoms with van der Waals surface area (Å²) in [6, 6.07) is 13.1. The maximum atomic E-state index is 13.1. The molecule has 1 fully saturated rings. The molecule has 37 heavy (non-hydrogen) atoms. The van der Waals surface area contributed by atoms with E-state index in [0.29, 0.717) is 35.4 Å². The number of fused-ring (bicyclic) bond motifs is 1. The lowest BCUT2D eigenvalue weighted by atomic mass is 9.91. The van der Waals surface area contributed by atoms with Crippen molar-refractivity contribution in [3.63, 3.8) is 0 Å². The molecule has 192 valence electrons. The predicted molar refractivity (Wildman–Crippen MR) is 144 cm³/mol. The molecule has 2 atom stereocenters. The molecule has 1 saturated carbocycles.